The van der Waals surface area contributed by atoms with Gasteiger partial charge >= 0.3 is 0 Å². The van der Waals surface area contributed by atoms with E-state index < -0.39 is 0 Å². The van der Waals surface area contributed by atoms with E-state index >= 15 is 0 Å². The van der Waals surface area contributed by atoms with E-state index in [1.165, 1.54) is 12.8 Å². The van der Waals surface area contributed by atoms with E-state index in [1.807, 2.05) is 25.2 Å². The standard InChI is InChI=1S/C21H36N4O2/c1-4-18(5-2)16-23-21(22-3)24-17-19-8-6-7-9-20(19)27-15-12-25-10-13-26-14-11-25/h6-9,18H,4-5,10-17H2,1-3H3,(H2,22,23,24). The minimum atomic E-state index is 0.680. The highest BCUT2D eigenvalue weighted by atomic mass is 16.5. The molecule has 6 nitrogen and oxygen atoms in total. The molecule has 6 heteroatoms. The minimum Gasteiger partial charge on any atom is -0.492 e. The minimum absolute atomic E-state index is 0.680. The summed E-state index contributed by atoms with van der Waals surface area (Å²) in [7, 11) is 1.81. The van der Waals surface area contributed by atoms with Crippen LogP contribution in [0.3, 0.4) is 0 Å². The van der Waals surface area contributed by atoms with E-state index in [0.717, 1.165) is 56.7 Å². The molecule has 0 amide bonds. The fourth-order valence-corrected chi connectivity index (χ4v) is 3.12. The maximum absolute atomic E-state index is 6.06. The number of hydrogen-bond acceptors (Lipinski definition) is 4. The van der Waals surface area contributed by atoms with Gasteiger partial charge in [0.2, 0.25) is 0 Å². The predicted octanol–water partition coefficient (Wildman–Crippen LogP) is 2.50. The van der Waals surface area contributed by atoms with Crippen molar-refractivity contribution in [1.82, 2.24) is 15.5 Å². The maximum atomic E-state index is 6.06. The Balaban J connectivity index is 1.79. The van der Waals surface area contributed by atoms with Crippen molar-refractivity contribution in [1.29, 1.82) is 0 Å². The van der Waals surface area contributed by atoms with E-state index in [1.54, 1.807) is 0 Å². The zero-order valence-corrected chi connectivity index (χ0v) is 17.2. The molecule has 0 spiro atoms. The molecule has 1 aromatic carbocycles. The van der Waals surface area contributed by atoms with Crippen LogP contribution in [0.5, 0.6) is 5.75 Å². The first-order valence-corrected chi connectivity index (χ1v) is 10.2. The molecule has 2 N–H and O–H groups in total. The Morgan fingerprint density at radius 3 is 2.63 bits per heavy atom. The van der Waals surface area contributed by atoms with Crippen LogP contribution in [0.25, 0.3) is 0 Å². The molecule has 0 aliphatic carbocycles. The summed E-state index contributed by atoms with van der Waals surface area (Å²) in [5, 5.41) is 6.83. The van der Waals surface area contributed by atoms with Gasteiger partial charge in [-0.25, -0.2) is 0 Å². The highest BCUT2D eigenvalue weighted by Gasteiger charge is 2.11. The van der Waals surface area contributed by atoms with Gasteiger partial charge in [0, 0.05) is 45.3 Å². The van der Waals surface area contributed by atoms with Crippen LogP contribution in [0.4, 0.5) is 0 Å². The predicted molar refractivity (Wildman–Crippen MR) is 111 cm³/mol. The van der Waals surface area contributed by atoms with E-state index in [0.29, 0.717) is 19.1 Å². The number of guanidine groups is 1. The first-order chi connectivity index (χ1) is 13.3. The Kier molecular flexibility index (Phi) is 10.0. The largest absolute Gasteiger partial charge is 0.492 e. The molecule has 152 valence electrons. The van der Waals surface area contributed by atoms with Crippen LogP contribution in [0, 0.1) is 5.92 Å². The van der Waals surface area contributed by atoms with Gasteiger partial charge in [-0.3, -0.25) is 9.89 Å². The van der Waals surface area contributed by atoms with E-state index in [2.05, 4.69) is 40.4 Å². The van der Waals surface area contributed by atoms with E-state index in [-0.39, 0.29) is 0 Å². The number of hydrogen-bond donors (Lipinski definition) is 2. The van der Waals surface area contributed by atoms with E-state index in [4.69, 9.17) is 9.47 Å². The molecule has 1 saturated heterocycles. The zero-order valence-electron chi connectivity index (χ0n) is 17.2. The number of aliphatic imine (C=N–C) groups is 1. The van der Waals surface area contributed by atoms with Gasteiger partial charge in [-0.15, -0.1) is 0 Å². The maximum Gasteiger partial charge on any atom is 0.191 e. The average molecular weight is 377 g/mol. The lowest BCUT2D eigenvalue weighted by atomic mass is 10.0. The fraction of sp³-hybridized carbons (Fsp3) is 0.667. The third-order valence-corrected chi connectivity index (χ3v) is 5.12. The normalized spacial score (nSPS) is 15.8. The SMILES string of the molecule is CCC(CC)CNC(=NC)NCc1ccccc1OCCN1CCOCC1. The molecule has 2 rings (SSSR count). The van der Waals surface area contributed by atoms with Gasteiger partial charge in [0.25, 0.3) is 0 Å². The van der Waals surface area contributed by atoms with Gasteiger partial charge in [0.05, 0.1) is 13.2 Å². The van der Waals surface area contributed by atoms with Gasteiger partial charge in [0.15, 0.2) is 5.96 Å². The molecule has 27 heavy (non-hydrogen) atoms. The molecule has 1 heterocycles. The van der Waals surface area contributed by atoms with Crippen LogP contribution in [0.2, 0.25) is 0 Å². The molecule has 1 aliphatic heterocycles. The molecule has 1 aromatic rings. The quantitative estimate of drug-likeness (QED) is 0.485. The monoisotopic (exact) mass is 376 g/mol. The van der Waals surface area contributed by atoms with Crippen molar-refractivity contribution in [3.63, 3.8) is 0 Å². The van der Waals surface area contributed by atoms with Crippen molar-refractivity contribution in [3.05, 3.63) is 29.8 Å². The topological polar surface area (TPSA) is 58.1 Å². The average Bonchev–Trinajstić information content (AvgIpc) is 2.72. The summed E-state index contributed by atoms with van der Waals surface area (Å²) in [6, 6.07) is 8.21. The van der Waals surface area contributed by atoms with Crippen LogP contribution < -0.4 is 15.4 Å². The van der Waals surface area contributed by atoms with Crippen LogP contribution in [-0.4, -0.2) is 63.9 Å². The van der Waals surface area contributed by atoms with E-state index in [9.17, 15) is 0 Å². The van der Waals surface area contributed by atoms with Crippen molar-refractivity contribution in [2.45, 2.75) is 33.2 Å². The number of nitrogens with one attached hydrogen (secondary N) is 2. The fourth-order valence-electron chi connectivity index (χ4n) is 3.12. The van der Waals surface area contributed by atoms with Crippen molar-refractivity contribution >= 4 is 5.96 Å². The van der Waals surface area contributed by atoms with Gasteiger partial charge in [-0.2, -0.15) is 0 Å². The van der Waals surface area contributed by atoms with Crippen LogP contribution >= 0.6 is 0 Å². The van der Waals surface area contributed by atoms with Crippen LogP contribution in [0.15, 0.2) is 29.3 Å². The third-order valence-electron chi connectivity index (χ3n) is 5.12. The van der Waals surface area contributed by atoms with Crippen molar-refractivity contribution < 1.29 is 9.47 Å². The summed E-state index contributed by atoms with van der Waals surface area (Å²) in [4.78, 5) is 6.71. The lowest BCUT2D eigenvalue weighted by Gasteiger charge is -2.26. The Hall–Kier alpha value is -1.79. The number of ether oxygens (including phenoxy) is 2. The lowest BCUT2D eigenvalue weighted by molar-refractivity contribution is 0.0322. The van der Waals surface area contributed by atoms with Gasteiger partial charge in [-0.05, 0) is 12.0 Å². The summed E-state index contributed by atoms with van der Waals surface area (Å²) >= 11 is 0. The Bertz CT molecular complexity index is 555. The summed E-state index contributed by atoms with van der Waals surface area (Å²) in [5.41, 5.74) is 1.14. The number of benzene rings is 1. The van der Waals surface area contributed by atoms with Gasteiger partial charge in [0.1, 0.15) is 12.4 Å². The Morgan fingerprint density at radius 2 is 1.93 bits per heavy atom. The molecule has 0 saturated carbocycles. The Morgan fingerprint density at radius 1 is 1.19 bits per heavy atom. The summed E-state index contributed by atoms with van der Waals surface area (Å²) in [6.07, 6.45) is 2.36. The molecule has 1 fully saturated rings. The second-order valence-corrected chi connectivity index (χ2v) is 6.90. The highest BCUT2D eigenvalue weighted by Crippen LogP contribution is 2.17. The van der Waals surface area contributed by atoms with Gasteiger partial charge < -0.3 is 20.1 Å². The first kappa shape index (κ1) is 21.5. The summed E-state index contributed by atoms with van der Waals surface area (Å²) < 4.78 is 11.4. The summed E-state index contributed by atoms with van der Waals surface area (Å²) in [5.74, 6) is 2.46. The molecular weight excluding hydrogens is 340 g/mol. The summed E-state index contributed by atoms with van der Waals surface area (Å²) in [6.45, 7) is 11.4. The molecule has 0 unspecified atom stereocenters. The van der Waals surface area contributed by atoms with Crippen molar-refractivity contribution in [2.75, 3.05) is 53.0 Å². The molecule has 1 aliphatic rings. The molecule has 0 radical (unpaired) electrons. The zero-order chi connectivity index (χ0) is 19.3. The molecule has 0 aromatic heterocycles. The number of nitrogens with zero attached hydrogens (tertiary/aromatic N) is 2. The number of morpholine rings is 1. The van der Waals surface area contributed by atoms with Crippen molar-refractivity contribution in [3.8, 4) is 5.75 Å². The smallest absolute Gasteiger partial charge is 0.191 e. The van der Waals surface area contributed by atoms with Crippen LogP contribution in [-0.2, 0) is 11.3 Å². The first-order valence-electron chi connectivity index (χ1n) is 10.2. The number of rotatable bonds is 10. The third kappa shape index (κ3) is 7.77. The van der Waals surface area contributed by atoms with Gasteiger partial charge in [-0.1, -0.05) is 44.9 Å². The second-order valence-electron chi connectivity index (χ2n) is 6.90. The highest BCUT2D eigenvalue weighted by molar-refractivity contribution is 5.79. The number of para-hydroxylation sites is 1. The van der Waals surface area contributed by atoms with Crippen molar-refractivity contribution in [2.24, 2.45) is 10.9 Å². The molecule has 0 bridgehead atoms. The molecular formula is C21H36N4O2. The van der Waals surface area contributed by atoms with Crippen LogP contribution in [0.1, 0.15) is 32.3 Å². The Labute approximate surface area is 164 Å². The second kappa shape index (κ2) is 12.6. The molecule has 0 atom stereocenters. The lowest BCUT2D eigenvalue weighted by Crippen LogP contribution is -2.39.